The van der Waals surface area contributed by atoms with Crippen LogP contribution in [0.15, 0.2) is 12.3 Å². The number of carbonyl (C=O) groups is 1. The molecule has 0 spiro atoms. The van der Waals surface area contributed by atoms with E-state index in [-0.39, 0.29) is 11.9 Å². The summed E-state index contributed by atoms with van der Waals surface area (Å²) in [4.78, 5) is 12.2. The molecule has 0 saturated heterocycles. The van der Waals surface area contributed by atoms with E-state index in [9.17, 15) is 4.79 Å². The number of rotatable bonds is 6. The molecule has 1 amide bonds. The third-order valence-corrected chi connectivity index (χ3v) is 3.18. The molecule has 0 saturated carbocycles. The molecule has 0 bridgehead atoms. The van der Waals surface area contributed by atoms with Crippen LogP contribution in [0.4, 0.5) is 5.69 Å². The minimum absolute atomic E-state index is 0.0271. The van der Waals surface area contributed by atoms with Crippen molar-refractivity contribution in [3.8, 4) is 0 Å². The summed E-state index contributed by atoms with van der Waals surface area (Å²) in [6, 6.07) is 1.96. The summed E-state index contributed by atoms with van der Waals surface area (Å²) in [5.41, 5.74) is 7.07. The zero-order chi connectivity index (χ0) is 13.7. The van der Waals surface area contributed by atoms with Gasteiger partial charge in [-0.15, -0.1) is 0 Å². The van der Waals surface area contributed by atoms with E-state index in [1.54, 1.807) is 6.07 Å². The number of nitrogen functional groups attached to an aromatic ring is 1. The molecule has 102 valence electrons. The van der Waals surface area contributed by atoms with Crippen LogP contribution in [-0.2, 0) is 6.54 Å². The molecule has 0 aliphatic carbocycles. The quantitative estimate of drug-likeness (QED) is 0.816. The van der Waals surface area contributed by atoms with Crippen molar-refractivity contribution in [3.63, 3.8) is 0 Å². The van der Waals surface area contributed by atoms with Crippen LogP contribution >= 0.6 is 0 Å². The summed E-state index contributed by atoms with van der Waals surface area (Å²) in [7, 11) is 0. The van der Waals surface area contributed by atoms with Crippen LogP contribution in [-0.4, -0.2) is 16.5 Å². The van der Waals surface area contributed by atoms with Crippen molar-refractivity contribution in [3.05, 3.63) is 18.0 Å². The summed E-state index contributed by atoms with van der Waals surface area (Å²) in [6.45, 7) is 9.23. The predicted molar refractivity (Wildman–Crippen MR) is 75.5 cm³/mol. The van der Waals surface area contributed by atoms with E-state index in [0.717, 1.165) is 19.4 Å². The van der Waals surface area contributed by atoms with Gasteiger partial charge in [0.1, 0.15) is 5.69 Å². The molecular formula is C14H25N3O. The topological polar surface area (TPSA) is 60.0 Å². The van der Waals surface area contributed by atoms with Gasteiger partial charge in [0.2, 0.25) is 0 Å². The number of carbonyl (C=O) groups excluding carboxylic acids is 1. The molecule has 1 heterocycles. The SMILES string of the molecule is CCCn1cc(N)cc1C(=O)NC(CC)C(C)C. The minimum atomic E-state index is -0.0271. The molecule has 1 atom stereocenters. The molecule has 0 aliphatic heterocycles. The summed E-state index contributed by atoms with van der Waals surface area (Å²) in [5.74, 6) is 0.409. The van der Waals surface area contributed by atoms with Gasteiger partial charge in [0, 0.05) is 18.8 Å². The van der Waals surface area contributed by atoms with Crippen LogP contribution in [0.1, 0.15) is 51.0 Å². The molecule has 4 nitrogen and oxygen atoms in total. The Balaban J connectivity index is 2.83. The average Bonchev–Trinajstić information content (AvgIpc) is 2.67. The Morgan fingerprint density at radius 1 is 1.44 bits per heavy atom. The Morgan fingerprint density at radius 3 is 2.61 bits per heavy atom. The monoisotopic (exact) mass is 251 g/mol. The van der Waals surface area contributed by atoms with E-state index in [1.165, 1.54) is 0 Å². The fraction of sp³-hybridized carbons (Fsp3) is 0.643. The Kier molecular flexibility index (Phi) is 5.25. The van der Waals surface area contributed by atoms with Crippen LogP contribution in [0.2, 0.25) is 0 Å². The van der Waals surface area contributed by atoms with Crippen molar-refractivity contribution >= 4 is 11.6 Å². The van der Waals surface area contributed by atoms with Crippen LogP contribution in [0.5, 0.6) is 0 Å². The van der Waals surface area contributed by atoms with Crippen LogP contribution in [0.3, 0.4) is 0 Å². The molecular weight excluding hydrogens is 226 g/mol. The summed E-state index contributed by atoms with van der Waals surface area (Å²) >= 11 is 0. The standard InChI is InChI=1S/C14H25N3O/c1-5-7-17-9-11(15)8-13(17)14(18)16-12(6-2)10(3)4/h8-10,12H,5-7,15H2,1-4H3,(H,16,18). The highest BCUT2D eigenvalue weighted by Crippen LogP contribution is 2.13. The number of nitrogens with two attached hydrogens (primary N) is 1. The van der Waals surface area contributed by atoms with Gasteiger partial charge in [0.15, 0.2) is 0 Å². The number of nitrogens with one attached hydrogen (secondary N) is 1. The lowest BCUT2D eigenvalue weighted by Gasteiger charge is -2.21. The average molecular weight is 251 g/mol. The summed E-state index contributed by atoms with van der Waals surface area (Å²) in [6.07, 6.45) is 3.75. The lowest BCUT2D eigenvalue weighted by molar-refractivity contribution is 0.0915. The zero-order valence-electron chi connectivity index (χ0n) is 11.9. The molecule has 1 unspecified atom stereocenters. The maximum absolute atomic E-state index is 12.2. The van der Waals surface area contributed by atoms with Crippen LogP contribution < -0.4 is 11.1 Å². The molecule has 3 N–H and O–H groups in total. The lowest BCUT2D eigenvalue weighted by Crippen LogP contribution is -2.38. The fourth-order valence-electron chi connectivity index (χ4n) is 2.13. The summed E-state index contributed by atoms with van der Waals surface area (Å²) in [5, 5.41) is 3.08. The Hall–Kier alpha value is -1.45. The molecule has 1 aromatic rings. The summed E-state index contributed by atoms with van der Waals surface area (Å²) < 4.78 is 1.93. The van der Waals surface area contributed by atoms with Crippen molar-refractivity contribution in [2.24, 2.45) is 5.92 Å². The zero-order valence-corrected chi connectivity index (χ0v) is 11.9. The third-order valence-electron chi connectivity index (χ3n) is 3.18. The molecule has 0 aromatic carbocycles. The highest BCUT2D eigenvalue weighted by atomic mass is 16.2. The van der Waals surface area contributed by atoms with Gasteiger partial charge >= 0.3 is 0 Å². The van der Waals surface area contributed by atoms with Crippen LogP contribution in [0, 0.1) is 5.92 Å². The highest BCUT2D eigenvalue weighted by Gasteiger charge is 2.18. The molecule has 0 fully saturated rings. The number of hydrogen-bond donors (Lipinski definition) is 2. The first-order valence-corrected chi connectivity index (χ1v) is 6.76. The van der Waals surface area contributed by atoms with Crippen molar-refractivity contribution in [1.29, 1.82) is 0 Å². The third kappa shape index (κ3) is 3.52. The molecule has 0 aliphatic rings. The predicted octanol–water partition coefficient (Wildman–Crippen LogP) is 2.64. The first kappa shape index (κ1) is 14.6. The van der Waals surface area contributed by atoms with Gasteiger partial charge in [-0.3, -0.25) is 4.79 Å². The number of anilines is 1. The Labute approximate surface area is 110 Å². The number of amides is 1. The van der Waals surface area contributed by atoms with E-state index in [1.807, 2.05) is 10.8 Å². The van der Waals surface area contributed by atoms with Gasteiger partial charge in [-0.05, 0) is 24.8 Å². The van der Waals surface area contributed by atoms with Gasteiger partial charge in [0.25, 0.3) is 5.91 Å². The molecule has 1 rings (SSSR count). The maximum Gasteiger partial charge on any atom is 0.268 e. The van der Waals surface area contributed by atoms with Gasteiger partial charge in [-0.25, -0.2) is 0 Å². The normalized spacial score (nSPS) is 12.7. The van der Waals surface area contributed by atoms with E-state index < -0.39 is 0 Å². The second-order valence-electron chi connectivity index (χ2n) is 5.08. The maximum atomic E-state index is 12.2. The van der Waals surface area contributed by atoms with Gasteiger partial charge < -0.3 is 15.6 Å². The number of aryl methyl sites for hydroxylation is 1. The smallest absolute Gasteiger partial charge is 0.268 e. The molecule has 1 aromatic heterocycles. The van der Waals surface area contributed by atoms with Crippen molar-refractivity contribution in [2.45, 2.75) is 53.1 Å². The number of aromatic nitrogens is 1. The number of hydrogen-bond acceptors (Lipinski definition) is 2. The van der Waals surface area contributed by atoms with E-state index >= 15 is 0 Å². The van der Waals surface area contributed by atoms with Gasteiger partial charge in [-0.2, -0.15) is 0 Å². The van der Waals surface area contributed by atoms with E-state index in [2.05, 4.69) is 33.0 Å². The highest BCUT2D eigenvalue weighted by molar-refractivity contribution is 5.94. The largest absolute Gasteiger partial charge is 0.397 e. The van der Waals surface area contributed by atoms with Gasteiger partial charge in [0.05, 0.1) is 5.69 Å². The number of nitrogens with zero attached hydrogens (tertiary/aromatic N) is 1. The Bertz CT molecular complexity index is 396. The second-order valence-corrected chi connectivity index (χ2v) is 5.08. The lowest BCUT2D eigenvalue weighted by atomic mass is 10.0. The molecule has 0 radical (unpaired) electrons. The van der Waals surface area contributed by atoms with E-state index in [0.29, 0.717) is 17.3 Å². The van der Waals surface area contributed by atoms with E-state index in [4.69, 9.17) is 5.73 Å². The van der Waals surface area contributed by atoms with Crippen molar-refractivity contribution in [2.75, 3.05) is 5.73 Å². The fourth-order valence-corrected chi connectivity index (χ4v) is 2.13. The molecule has 18 heavy (non-hydrogen) atoms. The van der Waals surface area contributed by atoms with Crippen molar-refractivity contribution in [1.82, 2.24) is 9.88 Å². The minimum Gasteiger partial charge on any atom is -0.397 e. The first-order valence-electron chi connectivity index (χ1n) is 6.76. The van der Waals surface area contributed by atoms with Crippen LogP contribution in [0.25, 0.3) is 0 Å². The molecule has 4 heteroatoms. The second kappa shape index (κ2) is 6.47. The van der Waals surface area contributed by atoms with Gasteiger partial charge in [-0.1, -0.05) is 27.7 Å². The van der Waals surface area contributed by atoms with Crippen molar-refractivity contribution < 1.29 is 4.79 Å². The Morgan fingerprint density at radius 2 is 2.11 bits per heavy atom. The first-order chi connectivity index (χ1) is 8.49.